The maximum atomic E-state index is 3.26. The van der Waals surface area contributed by atoms with E-state index in [1.807, 2.05) is 7.05 Å². The predicted molar refractivity (Wildman–Crippen MR) is 60.6 cm³/mol. The van der Waals surface area contributed by atoms with Crippen LogP contribution in [0.3, 0.4) is 0 Å². The first-order valence-electron chi connectivity index (χ1n) is 5.51. The second kappa shape index (κ2) is 4.14. The molecule has 0 radical (unpaired) electrons. The lowest BCUT2D eigenvalue weighted by molar-refractivity contribution is 0.259. The maximum absolute atomic E-state index is 3.26. The standard InChI is InChI=1S/C13H19N/c1-10-5-3-4-6-13(10)12-7-11(8-12)9-14-2/h3-6,11-12,14H,7-9H2,1-2H3. The van der Waals surface area contributed by atoms with E-state index in [-0.39, 0.29) is 0 Å². The number of benzene rings is 1. The second-order valence-corrected chi connectivity index (χ2v) is 4.45. The number of hydrogen-bond donors (Lipinski definition) is 1. The van der Waals surface area contributed by atoms with E-state index in [0.717, 1.165) is 11.8 Å². The van der Waals surface area contributed by atoms with Crippen molar-refractivity contribution in [2.75, 3.05) is 13.6 Å². The van der Waals surface area contributed by atoms with Gasteiger partial charge >= 0.3 is 0 Å². The molecule has 1 heteroatoms. The summed E-state index contributed by atoms with van der Waals surface area (Å²) in [4.78, 5) is 0. The minimum atomic E-state index is 0.828. The van der Waals surface area contributed by atoms with Crippen molar-refractivity contribution in [1.29, 1.82) is 0 Å². The normalized spacial score (nSPS) is 25.9. The summed E-state index contributed by atoms with van der Waals surface area (Å²) in [5, 5.41) is 3.26. The first-order valence-corrected chi connectivity index (χ1v) is 5.51. The highest BCUT2D eigenvalue weighted by Gasteiger charge is 2.30. The van der Waals surface area contributed by atoms with Gasteiger partial charge in [-0.2, -0.15) is 0 Å². The number of nitrogens with one attached hydrogen (secondary N) is 1. The zero-order chi connectivity index (χ0) is 9.97. The summed E-state index contributed by atoms with van der Waals surface area (Å²) < 4.78 is 0. The van der Waals surface area contributed by atoms with Crippen LogP contribution in [0.4, 0.5) is 0 Å². The largest absolute Gasteiger partial charge is 0.319 e. The molecule has 1 N–H and O–H groups in total. The van der Waals surface area contributed by atoms with Gasteiger partial charge < -0.3 is 5.32 Å². The quantitative estimate of drug-likeness (QED) is 0.771. The summed E-state index contributed by atoms with van der Waals surface area (Å²) >= 11 is 0. The molecular formula is C13H19N. The van der Waals surface area contributed by atoms with E-state index in [1.54, 1.807) is 5.56 Å². The van der Waals surface area contributed by atoms with Gasteiger partial charge in [-0.1, -0.05) is 24.3 Å². The van der Waals surface area contributed by atoms with Crippen molar-refractivity contribution in [3.8, 4) is 0 Å². The van der Waals surface area contributed by atoms with Gasteiger partial charge in [0.1, 0.15) is 0 Å². The summed E-state index contributed by atoms with van der Waals surface area (Å²) in [5.41, 5.74) is 3.03. The van der Waals surface area contributed by atoms with Gasteiger partial charge in [-0.25, -0.2) is 0 Å². The molecule has 76 valence electrons. The zero-order valence-electron chi connectivity index (χ0n) is 9.09. The van der Waals surface area contributed by atoms with Crippen molar-refractivity contribution < 1.29 is 0 Å². The zero-order valence-corrected chi connectivity index (χ0v) is 9.09. The Labute approximate surface area is 86.5 Å². The molecule has 0 saturated heterocycles. The highest BCUT2D eigenvalue weighted by Crippen LogP contribution is 2.42. The molecule has 0 unspecified atom stereocenters. The van der Waals surface area contributed by atoms with E-state index in [2.05, 4.69) is 36.5 Å². The first kappa shape index (κ1) is 9.72. The van der Waals surface area contributed by atoms with E-state index in [0.29, 0.717) is 0 Å². The topological polar surface area (TPSA) is 12.0 Å². The lowest BCUT2D eigenvalue weighted by Gasteiger charge is -2.36. The van der Waals surface area contributed by atoms with Gasteiger partial charge in [-0.3, -0.25) is 0 Å². The molecule has 0 heterocycles. The first-order chi connectivity index (χ1) is 6.81. The summed E-state index contributed by atoms with van der Waals surface area (Å²) in [6.07, 6.45) is 2.73. The van der Waals surface area contributed by atoms with Gasteiger partial charge in [0.15, 0.2) is 0 Å². The molecule has 0 aliphatic heterocycles. The van der Waals surface area contributed by atoms with Gasteiger partial charge in [0.05, 0.1) is 0 Å². The Morgan fingerprint density at radius 1 is 1.29 bits per heavy atom. The van der Waals surface area contributed by atoms with Crippen LogP contribution < -0.4 is 5.32 Å². The van der Waals surface area contributed by atoms with Crippen LogP contribution in [0.2, 0.25) is 0 Å². The molecule has 1 saturated carbocycles. The fourth-order valence-electron chi connectivity index (χ4n) is 2.49. The Morgan fingerprint density at radius 2 is 2.00 bits per heavy atom. The molecule has 1 aliphatic carbocycles. The van der Waals surface area contributed by atoms with Crippen LogP contribution in [0, 0.1) is 12.8 Å². The minimum absolute atomic E-state index is 0.828. The molecule has 1 aliphatic rings. The Morgan fingerprint density at radius 3 is 2.64 bits per heavy atom. The lowest BCUT2D eigenvalue weighted by atomic mass is 9.70. The smallest absolute Gasteiger partial charge is 0.00231 e. The van der Waals surface area contributed by atoms with Crippen molar-refractivity contribution in [3.63, 3.8) is 0 Å². The summed E-state index contributed by atoms with van der Waals surface area (Å²) in [7, 11) is 2.04. The molecule has 0 amide bonds. The van der Waals surface area contributed by atoms with Crippen molar-refractivity contribution in [3.05, 3.63) is 35.4 Å². The fourth-order valence-corrected chi connectivity index (χ4v) is 2.49. The molecule has 2 rings (SSSR count). The van der Waals surface area contributed by atoms with Crippen LogP contribution in [-0.4, -0.2) is 13.6 Å². The lowest BCUT2D eigenvalue weighted by Crippen LogP contribution is -2.30. The van der Waals surface area contributed by atoms with E-state index in [4.69, 9.17) is 0 Å². The number of hydrogen-bond acceptors (Lipinski definition) is 1. The van der Waals surface area contributed by atoms with Gasteiger partial charge in [0.2, 0.25) is 0 Å². The third kappa shape index (κ3) is 1.83. The second-order valence-electron chi connectivity index (χ2n) is 4.45. The highest BCUT2D eigenvalue weighted by atomic mass is 14.8. The average Bonchev–Trinajstić information content (AvgIpc) is 2.12. The summed E-state index contributed by atoms with van der Waals surface area (Å²) in [6, 6.07) is 8.80. The van der Waals surface area contributed by atoms with Gasteiger partial charge in [-0.05, 0) is 56.3 Å². The summed E-state index contributed by atoms with van der Waals surface area (Å²) in [6.45, 7) is 3.41. The molecule has 0 bridgehead atoms. The van der Waals surface area contributed by atoms with E-state index < -0.39 is 0 Å². The van der Waals surface area contributed by atoms with E-state index in [1.165, 1.54) is 24.9 Å². The molecule has 1 aromatic carbocycles. The highest BCUT2D eigenvalue weighted by molar-refractivity contribution is 5.30. The van der Waals surface area contributed by atoms with Crippen LogP contribution in [0.1, 0.15) is 29.9 Å². The number of rotatable bonds is 3. The van der Waals surface area contributed by atoms with E-state index >= 15 is 0 Å². The van der Waals surface area contributed by atoms with Crippen LogP contribution in [0.5, 0.6) is 0 Å². The predicted octanol–water partition coefficient (Wildman–Crippen LogP) is 2.71. The van der Waals surface area contributed by atoms with Crippen LogP contribution in [-0.2, 0) is 0 Å². The molecule has 1 aromatic rings. The minimum Gasteiger partial charge on any atom is -0.319 e. The third-order valence-corrected chi connectivity index (χ3v) is 3.36. The SMILES string of the molecule is CNCC1CC(c2ccccc2C)C1. The van der Waals surface area contributed by atoms with Crippen molar-refractivity contribution in [2.24, 2.45) is 5.92 Å². The van der Waals surface area contributed by atoms with Crippen LogP contribution in [0.15, 0.2) is 24.3 Å². The molecule has 0 atom stereocenters. The van der Waals surface area contributed by atoms with Crippen molar-refractivity contribution in [2.45, 2.75) is 25.7 Å². The van der Waals surface area contributed by atoms with Crippen molar-refractivity contribution >= 4 is 0 Å². The molecule has 14 heavy (non-hydrogen) atoms. The molecular weight excluding hydrogens is 170 g/mol. The Hall–Kier alpha value is -0.820. The Balaban J connectivity index is 1.96. The Kier molecular flexibility index (Phi) is 2.87. The fraction of sp³-hybridized carbons (Fsp3) is 0.538. The molecule has 1 fully saturated rings. The molecule has 0 spiro atoms. The van der Waals surface area contributed by atoms with Gasteiger partial charge in [-0.15, -0.1) is 0 Å². The Bertz CT molecular complexity index is 300. The average molecular weight is 189 g/mol. The van der Waals surface area contributed by atoms with E-state index in [9.17, 15) is 0 Å². The third-order valence-electron chi connectivity index (χ3n) is 3.36. The van der Waals surface area contributed by atoms with Gasteiger partial charge in [0.25, 0.3) is 0 Å². The monoisotopic (exact) mass is 189 g/mol. The number of aryl methyl sites for hydroxylation is 1. The maximum Gasteiger partial charge on any atom is -0.00231 e. The van der Waals surface area contributed by atoms with Crippen LogP contribution in [0.25, 0.3) is 0 Å². The van der Waals surface area contributed by atoms with Crippen LogP contribution >= 0.6 is 0 Å². The summed E-state index contributed by atoms with van der Waals surface area (Å²) in [5.74, 6) is 1.74. The molecule has 0 aromatic heterocycles. The molecule has 1 nitrogen and oxygen atoms in total. The van der Waals surface area contributed by atoms with Gasteiger partial charge in [0, 0.05) is 0 Å². The van der Waals surface area contributed by atoms with Crippen molar-refractivity contribution in [1.82, 2.24) is 5.32 Å².